The molecule has 36 heavy (non-hydrogen) atoms. The summed E-state index contributed by atoms with van der Waals surface area (Å²) in [5, 5.41) is 12.0. The number of benzene rings is 1. The smallest absolute Gasteiger partial charge is 0.418 e. The summed E-state index contributed by atoms with van der Waals surface area (Å²) >= 11 is 0. The second-order valence-electron chi connectivity index (χ2n) is 8.82. The molecule has 0 radical (unpaired) electrons. The van der Waals surface area contributed by atoms with Crippen LogP contribution in [0.1, 0.15) is 36.1 Å². The van der Waals surface area contributed by atoms with Crippen molar-refractivity contribution in [2.45, 2.75) is 49.2 Å². The van der Waals surface area contributed by atoms with Crippen LogP contribution in [0.5, 0.6) is 0 Å². The van der Waals surface area contributed by atoms with Crippen LogP contribution in [0.2, 0.25) is 0 Å². The molecule has 2 unspecified atom stereocenters. The number of aromatic nitrogens is 2. The van der Waals surface area contributed by atoms with Gasteiger partial charge < -0.3 is 10.4 Å². The van der Waals surface area contributed by atoms with E-state index in [9.17, 15) is 26.4 Å². The molecule has 3 aromatic rings. The molecular weight excluding hydrogens is 495 g/mol. The number of hydrogen-bond donors (Lipinski definition) is 2. The van der Waals surface area contributed by atoms with Crippen molar-refractivity contribution in [2.75, 3.05) is 5.32 Å². The largest absolute Gasteiger partial charge is 0.481 e. The summed E-state index contributed by atoms with van der Waals surface area (Å²) < 4.78 is 67.2. The quantitative estimate of drug-likeness (QED) is 0.446. The molecule has 0 aliphatic heterocycles. The SMILES string of the molecule is Cc1ccccc1-c1nc(CS(=O)(=O)c2cccc(NC3CCC(C(=O)O)C3)n2)ccc1C(F)(F)F. The Bertz CT molecular complexity index is 1390. The summed E-state index contributed by atoms with van der Waals surface area (Å²) in [5.41, 5.74) is -0.469. The predicted octanol–water partition coefficient (Wildman–Crippen LogP) is 5.11. The number of alkyl halides is 3. The molecule has 1 saturated carbocycles. The molecule has 0 spiro atoms. The number of hydrogen-bond acceptors (Lipinski definition) is 6. The van der Waals surface area contributed by atoms with E-state index in [1.807, 2.05) is 0 Å². The zero-order valence-electron chi connectivity index (χ0n) is 19.3. The van der Waals surface area contributed by atoms with Gasteiger partial charge in [-0.2, -0.15) is 13.2 Å². The van der Waals surface area contributed by atoms with Crippen molar-refractivity contribution in [3.63, 3.8) is 0 Å². The standard InChI is InChI=1S/C25H24F3N3O4S/c1-15-5-2-3-6-19(15)23-20(25(26,27)28)12-11-18(30-23)14-36(34,35)22-8-4-7-21(31-22)29-17-10-9-16(13-17)24(32)33/h2-8,11-12,16-17H,9-10,13-14H2,1H3,(H,29,31)(H,32,33). The van der Waals surface area contributed by atoms with Gasteiger partial charge in [0, 0.05) is 11.6 Å². The molecule has 2 aromatic heterocycles. The molecule has 11 heteroatoms. The van der Waals surface area contributed by atoms with Gasteiger partial charge in [0.1, 0.15) is 5.82 Å². The molecule has 2 atom stereocenters. The summed E-state index contributed by atoms with van der Waals surface area (Å²) in [6.45, 7) is 1.66. The van der Waals surface area contributed by atoms with Crippen LogP contribution in [0, 0.1) is 12.8 Å². The Kier molecular flexibility index (Phi) is 7.03. The lowest BCUT2D eigenvalue weighted by Gasteiger charge is -2.16. The van der Waals surface area contributed by atoms with E-state index in [0.717, 1.165) is 12.1 Å². The number of carbonyl (C=O) groups is 1. The highest BCUT2D eigenvalue weighted by Gasteiger charge is 2.35. The number of carboxylic acids is 1. The van der Waals surface area contributed by atoms with Gasteiger partial charge in [-0.3, -0.25) is 9.78 Å². The molecule has 4 rings (SSSR count). The normalized spacial score (nSPS) is 18.2. The molecule has 2 N–H and O–H groups in total. The Hall–Kier alpha value is -3.47. The fourth-order valence-corrected chi connectivity index (χ4v) is 5.56. The van der Waals surface area contributed by atoms with Crippen LogP contribution >= 0.6 is 0 Å². The minimum atomic E-state index is -4.66. The average Bonchev–Trinajstić information content (AvgIpc) is 3.27. The maximum Gasteiger partial charge on any atom is 0.418 e. The third-order valence-electron chi connectivity index (χ3n) is 6.17. The maximum absolute atomic E-state index is 13.7. The third-order valence-corrected chi connectivity index (χ3v) is 7.71. The fourth-order valence-electron chi connectivity index (χ4n) is 4.34. The number of anilines is 1. The first-order valence-electron chi connectivity index (χ1n) is 11.3. The van der Waals surface area contributed by atoms with Crippen molar-refractivity contribution in [3.8, 4) is 11.3 Å². The van der Waals surface area contributed by atoms with Crippen molar-refractivity contribution < 1.29 is 31.5 Å². The van der Waals surface area contributed by atoms with E-state index in [2.05, 4.69) is 15.3 Å². The molecule has 1 aromatic carbocycles. The lowest BCUT2D eigenvalue weighted by atomic mass is 10.0. The van der Waals surface area contributed by atoms with E-state index in [-0.39, 0.29) is 33.8 Å². The topological polar surface area (TPSA) is 109 Å². The Balaban J connectivity index is 1.60. The van der Waals surface area contributed by atoms with Crippen LogP contribution < -0.4 is 5.32 Å². The summed E-state index contributed by atoms with van der Waals surface area (Å²) in [7, 11) is -4.04. The van der Waals surface area contributed by atoms with E-state index in [0.29, 0.717) is 24.8 Å². The van der Waals surface area contributed by atoms with E-state index < -0.39 is 39.2 Å². The Morgan fingerprint density at radius 3 is 2.47 bits per heavy atom. The van der Waals surface area contributed by atoms with Gasteiger partial charge in [0.25, 0.3) is 0 Å². The van der Waals surface area contributed by atoms with Gasteiger partial charge in [0.2, 0.25) is 9.84 Å². The number of aliphatic carboxylic acids is 1. The number of pyridine rings is 2. The van der Waals surface area contributed by atoms with E-state index in [4.69, 9.17) is 5.11 Å². The number of aryl methyl sites for hydroxylation is 1. The monoisotopic (exact) mass is 519 g/mol. The number of halogens is 3. The van der Waals surface area contributed by atoms with Crippen LogP contribution in [0.25, 0.3) is 11.3 Å². The average molecular weight is 520 g/mol. The molecular formula is C25H24F3N3O4S. The van der Waals surface area contributed by atoms with Gasteiger partial charge in [0.15, 0.2) is 5.03 Å². The van der Waals surface area contributed by atoms with Crippen molar-refractivity contribution >= 4 is 21.6 Å². The highest BCUT2D eigenvalue weighted by Crippen LogP contribution is 2.37. The van der Waals surface area contributed by atoms with Crippen LogP contribution in [0.4, 0.5) is 19.0 Å². The second-order valence-corrected chi connectivity index (χ2v) is 10.8. The van der Waals surface area contributed by atoms with Gasteiger partial charge in [-0.15, -0.1) is 0 Å². The highest BCUT2D eigenvalue weighted by molar-refractivity contribution is 7.90. The van der Waals surface area contributed by atoms with Crippen LogP contribution in [0.15, 0.2) is 59.6 Å². The number of carboxylic acid groups (broad SMARTS) is 1. The highest BCUT2D eigenvalue weighted by atomic mass is 32.2. The molecule has 190 valence electrons. The molecule has 0 bridgehead atoms. The van der Waals surface area contributed by atoms with E-state index in [1.165, 1.54) is 18.2 Å². The van der Waals surface area contributed by atoms with Gasteiger partial charge in [-0.25, -0.2) is 13.4 Å². The number of nitrogens with one attached hydrogen (secondary N) is 1. The van der Waals surface area contributed by atoms with Gasteiger partial charge in [-0.05, 0) is 56.0 Å². The Labute approximate surface area is 206 Å². The molecule has 7 nitrogen and oxygen atoms in total. The lowest BCUT2D eigenvalue weighted by Crippen LogP contribution is -2.19. The Morgan fingerprint density at radius 1 is 1.06 bits per heavy atom. The van der Waals surface area contributed by atoms with E-state index in [1.54, 1.807) is 31.2 Å². The van der Waals surface area contributed by atoms with Gasteiger partial charge in [0.05, 0.1) is 28.6 Å². The number of sulfone groups is 1. The first-order chi connectivity index (χ1) is 16.9. The fraction of sp³-hybridized carbons (Fsp3) is 0.320. The van der Waals surface area contributed by atoms with Gasteiger partial charge in [-0.1, -0.05) is 30.3 Å². The van der Waals surface area contributed by atoms with Crippen molar-refractivity contribution in [1.29, 1.82) is 0 Å². The summed E-state index contributed by atoms with van der Waals surface area (Å²) in [5.74, 6) is -1.67. The lowest BCUT2D eigenvalue weighted by molar-refractivity contribution is -0.141. The molecule has 0 saturated heterocycles. The van der Waals surface area contributed by atoms with Gasteiger partial charge >= 0.3 is 12.1 Å². The first kappa shape index (κ1) is 25.6. The van der Waals surface area contributed by atoms with Crippen molar-refractivity contribution in [1.82, 2.24) is 9.97 Å². The molecule has 1 aliphatic carbocycles. The van der Waals surface area contributed by atoms with Crippen molar-refractivity contribution in [3.05, 3.63) is 71.4 Å². The number of rotatable bonds is 7. The third kappa shape index (κ3) is 5.67. The molecule has 1 aliphatic rings. The second kappa shape index (κ2) is 9.88. The summed E-state index contributed by atoms with van der Waals surface area (Å²) in [4.78, 5) is 19.5. The first-order valence-corrected chi connectivity index (χ1v) is 12.9. The summed E-state index contributed by atoms with van der Waals surface area (Å²) in [6.07, 6.45) is -3.12. The molecule has 1 fully saturated rings. The van der Waals surface area contributed by atoms with Crippen LogP contribution in [-0.4, -0.2) is 35.5 Å². The zero-order chi connectivity index (χ0) is 26.1. The van der Waals surface area contributed by atoms with Crippen LogP contribution in [0.3, 0.4) is 0 Å². The zero-order valence-corrected chi connectivity index (χ0v) is 20.1. The molecule has 0 amide bonds. The number of nitrogens with zero attached hydrogens (tertiary/aromatic N) is 2. The molecule has 2 heterocycles. The van der Waals surface area contributed by atoms with E-state index >= 15 is 0 Å². The van der Waals surface area contributed by atoms with Crippen molar-refractivity contribution in [2.24, 2.45) is 5.92 Å². The van der Waals surface area contributed by atoms with Crippen LogP contribution in [-0.2, 0) is 26.6 Å². The minimum Gasteiger partial charge on any atom is -0.481 e. The maximum atomic E-state index is 13.7. The minimum absolute atomic E-state index is 0.0403. The Morgan fingerprint density at radius 2 is 1.81 bits per heavy atom. The summed E-state index contributed by atoms with van der Waals surface area (Å²) in [6, 6.07) is 12.6. The predicted molar refractivity (Wildman–Crippen MR) is 127 cm³/mol.